The Hall–Kier alpha value is -4.49. The van der Waals surface area contributed by atoms with Crippen LogP contribution in [-0.4, -0.2) is 56.9 Å². The van der Waals surface area contributed by atoms with Crippen LogP contribution in [0.2, 0.25) is 0 Å². The Bertz CT molecular complexity index is 1560. The molecular weight excluding hydrogens is 467 g/mol. The summed E-state index contributed by atoms with van der Waals surface area (Å²) in [5, 5.41) is 16.3. The summed E-state index contributed by atoms with van der Waals surface area (Å²) in [5.41, 5.74) is 0.946. The van der Waals surface area contributed by atoms with E-state index in [9.17, 15) is 18.0 Å². The molecule has 5 aromatic rings. The maximum atomic E-state index is 13.6. The van der Waals surface area contributed by atoms with Gasteiger partial charge in [0.1, 0.15) is 11.7 Å². The van der Waals surface area contributed by atoms with E-state index in [1.807, 2.05) is 0 Å². The van der Waals surface area contributed by atoms with Crippen molar-refractivity contribution in [3.05, 3.63) is 71.5 Å². The summed E-state index contributed by atoms with van der Waals surface area (Å²) in [6.45, 7) is 0.236. The molecule has 0 bridgehead atoms. The van der Waals surface area contributed by atoms with Crippen molar-refractivity contribution in [2.45, 2.75) is 18.6 Å². The number of nitrogens with zero attached hydrogens (tertiary/aromatic N) is 8. The Morgan fingerprint density at radius 3 is 2.83 bits per heavy atom. The Morgan fingerprint density at radius 2 is 2.06 bits per heavy atom. The minimum Gasteiger partial charge on any atom is -0.411 e. The number of hydrogen-bond acceptors (Lipinski definition) is 7. The van der Waals surface area contributed by atoms with Crippen LogP contribution in [0.4, 0.5) is 13.2 Å². The molecule has 11 nitrogen and oxygen atoms in total. The van der Waals surface area contributed by atoms with Gasteiger partial charge < -0.3 is 14.3 Å². The van der Waals surface area contributed by atoms with Gasteiger partial charge in [-0.25, -0.2) is 9.50 Å². The molecule has 1 unspecified atom stereocenters. The van der Waals surface area contributed by atoms with Crippen LogP contribution in [0, 0.1) is 0 Å². The Morgan fingerprint density at radius 1 is 1.20 bits per heavy atom. The third-order valence-electron chi connectivity index (χ3n) is 5.83. The van der Waals surface area contributed by atoms with Crippen LogP contribution in [0.15, 0.2) is 47.4 Å². The summed E-state index contributed by atoms with van der Waals surface area (Å²) in [7, 11) is 1.73. The van der Waals surface area contributed by atoms with E-state index < -0.39 is 23.7 Å². The highest BCUT2D eigenvalue weighted by molar-refractivity contribution is 5.90. The van der Waals surface area contributed by atoms with Crippen molar-refractivity contribution in [1.29, 1.82) is 0 Å². The van der Waals surface area contributed by atoms with E-state index in [1.54, 1.807) is 24.0 Å². The highest BCUT2D eigenvalue weighted by atomic mass is 19.4. The number of pyridine rings is 1. The molecule has 6 rings (SSSR count). The smallest absolute Gasteiger partial charge is 0.411 e. The zero-order valence-corrected chi connectivity index (χ0v) is 18.1. The topological polar surface area (TPSA) is 123 Å². The van der Waals surface area contributed by atoms with Gasteiger partial charge in [0, 0.05) is 38.1 Å². The normalized spacial score (nSPS) is 16.1. The van der Waals surface area contributed by atoms with Crippen molar-refractivity contribution in [3.63, 3.8) is 0 Å². The lowest BCUT2D eigenvalue weighted by atomic mass is 9.99. The fourth-order valence-corrected chi connectivity index (χ4v) is 4.27. The van der Waals surface area contributed by atoms with Crippen LogP contribution < -0.4 is 0 Å². The first-order valence-electron chi connectivity index (χ1n) is 10.5. The summed E-state index contributed by atoms with van der Waals surface area (Å²) < 4.78 is 49.0. The van der Waals surface area contributed by atoms with Gasteiger partial charge in [0.15, 0.2) is 0 Å². The summed E-state index contributed by atoms with van der Waals surface area (Å²) >= 11 is 0. The molecule has 14 heteroatoms. The third kappa shape index (κ3) is 3.45. The van der Waals surface area contributed by atoms with E-state index >= 15 is 0 Å². The Balaban J connectivity index is 1.42. The molecule has 0 radical (unpaired) electrons. The molecule has 1 aliphatic heterocycles. The second-order valence-corrected chi connectivity index (χ2v) is 8.02. The van der Waals surface area contributed by atoms with Gasteiger partial charge in [0.2, 0.25) is 0 Å². The second-order valence-electron chi connectivity index (χ2n) is 8.02. The van der Waals surface area contributed by atoms with Crippen molar-refractivity contribution in [3.8, 4) is 11.6 Å². The molecule has 0 aliphatic carbocycles. The van der Waals surface area contributed by atoms with Gasteiger partial charge in [0.25, 0.3) is 5.89 Å². The Kier molecular flexibility index (Phi) is 4.52. The first kappa shape index (κ1) is 21.1. The van der Waals surface area contributed by atoms with Crippen molar-refractivity contribution in [2.75, 3.05) is 6.54 Å². The molecule has 1 aliphatic rings. The summed E-state index contributed by atoms with van der Waals surface area (Å²) in [6, 6.07) is 4.39. The van der Waals surface area contributed by atoms with Crippen molar-refractivity contribution in [2.24, 2.45) is 7.05 Å². The van der Waals surface area contributed by atoms with Gasteiger partial charge >= 0.3 is 18.0 Å². The molecular formula is C21H16F3N9O2. The van der Waals surface area contributed by atoms with Crippen LogP contribution >= 0.6 is 0 Å². The number of carbonyl (C=O) groups excluding carboxylic acids is 1. The van der Waals surface area contributed by atoms with Crippen molar-refractivity contribution >= 4 is 11.4 Å². The SMILES string of the molecule is Cn1ccc(-c2nnc(C(=O)N3CCc4[nH]cnc4C3c3cc4c(C(F)(F)F)cccn4n3)o2)n1. The zero-order chi connectivity index (χ0) is 24.3. The molecule has 6 heterocycles. The monoisotopic (exact) mass is 483 g/mol. The number of hydrogen-bond donors (Lipinski definition) is 1. The molecule has 5 aromatic heterocycles. The molecule has 0 fully saturated rings. The summed E-state index contributed by atoms with van der Waals surface area (Å²) in [6.07, 6.45) is 0.491. The number of H-pyrrole nitrogens is 1. The number of rotatable bonds is 3. The fourth-order valence-electron chi connectivity index (χ4n) is 4.27. The maximum absolute atomic E-state index is 13.6. The number of alkyl halides is 3. The van der Waals surface area contributed by atoms with Crippen LogP contribution in [0.3, 0.4) is 0 Å². The molecule has 1 atom stereocenters. The standard InChI is InChI=1S/C21H16F3N9O2/c1-31-7-4-13(29-31)18-27-28-19(35-18)20(34)32-8-5-12-16(26-10-25-12)17(32)14-9-15-11(21(22,23)24)3-2-6-33(15)30-14/h2-4,6-7,9-10,17H,5,8H2,1H3,(H,25,26). The average molecular weight is 483 g/mol. The van der Waals surface area contributed by atoms with Gasteiger partial charge in [-0.05, 0) is 24.3 Å². The van der Waals surface area contributed by atoms with Gasteiger partial charge in [-0.3, -0.25) is 9.48 Å². The van der Waals surface area contributed by atoms with E-state index in [0.717, 1.165) is 16.3 Å². The molecule has 1 amide bonds. The lowest BCUT2D eigenvalue weighted by Crippen LogP contribution is -2.41. The minimum absolute atomic E-state index is 0.0746. The number of aryl methyl sites for hydroxylation is 1. The first-order valence-corrected chi connectivity index (χ1v) is 10.5. The zero-order valence-electron chi connectivity index (χ0n) is 18.1. The van der Waals surface area contributed by atoms with E-state index in [1.165, 1.54) is 29.6 Å². The lowest BCUT2D eigenvalue weighted by Gasteiger charge is -2.32. The summed E-state index contributed by atoms with van der Waals surface area (Å²) in [4.78, 5) is 22.2. The number of aromatic nitrogens is 8. The largest absolute Gasteiger partial charge is 0.418 e. The number of aromatic amines is 1. The van der Waals surface area contributed by atoms with Crippen LogP contribution in [0.1, 0.15) is 39.4 Å². The number of amides is 1. The highest BCUT2D eigenvalue weighted by Crippen LogP contribution is 2.37. The number of nitrogens with one attached hydrogen (secondary N) is 1. The number of halogens is 3. The second kappa shape index (κ2) is 7.51. The van der Waals surface area contributed by atoms with Gasteiger partial charge in [-0.1, -0.05) is 0 Å². The van der Waals surface area contributed by atoms with Crippen LogP contribution in [-0.2, 0) is 19.6 Å². The predicted molar refractivity (Wildman–Crippen MR) is 112 cm³/mol. The molecule has 0 saturated heterocycles. The fraction of sp³-hybridized carbons (Fsp3) is 0.238. The molecule has 35 heavy (non-hydrogen) atoms. The maximum Gasteiger partial charge on any atom is 0.418 e. The van der Waals surface area contributed by atoms with Gasteiger partial charge in [-0.2, -0.15) is 23.4 Å². The van der Waals surface area contributed by atoms with E-state index in [0.29, 0.717) is 17.8 Å². The predicted octanol–water partition coefficient (Wildman–Crippen LogP) is 2.65. The average Bonchev–Trinajstić information content (AvgIpc) is 3.62. The highest BCUT2D eigenvalue weighted by Gasteiger charge is 2.39. The molecule has 1 N–H and O–H groups in total. The number of imidazole rings is 1. The van der Waals surface area contributed by atoms with E-state index in [4.69, 9.17) is 4.42 Å². The quantitative estimate of drug-likeness (QED) is 0.419. The van der Waals surface area contributed by atoms with Gasteiger partial charge in [-0.15, -0.1) is 10.2 Å². The molecule has 0 aromatic carbocycles. The van der Waals surface area contributed by atoms with Crippen LogP contribution in [0.25, 0.3) is 17.1 Å². The Labute approximate surface area is 194 Å². The number of fused-ring (bicyclic) bond motifs is 2. The lowest BCUT2D eigenvalue weighted by molar-refractivity contribution is -0.136. The van der Waals surface area contributed by atoms with Gasteiger partial charge in [0.05, 0.1) is 28.8 Å². The van der Waals surface area contributed by atoms with E-state index in [2.05, 4.69) is 30.4 Å². The number of carbonyl (C=O) groups is 1. The summed E-state index contributed by atoms with van der Waals surface area (Å²) in [5.74, 6) is -0.786. The van der Waals surface area contributed by atoms with Crippen molar-refractivity contribution < 1.29 is 22.4 Å². The van der Waals surface area contributed by atoms with E-state index in [-0.39, 0.29) is 29.5 Å². The third-order valence-corrected chi connectivity index (χ3v) is 5.83. The molecule has 0 saturated carbocycles. The first-order chi connectivity index (χ1) is 16.8. The molecule has 0 spiro atoms. The van der Waals surface area contributed by atoms with Crippen LogP contribution in [0.5, 0.6) is 0 Å². The minimum atomic E-state index is -4.56. The molecule has 178 valence electrons. The van der Waals surface area contributed by atoms with Crippen molar-refractivity contribution in [1.82, 2.24) is 44.5 Å².